The topological polar surface area (TPSA) is 58.6 Å². The molecule has 1 aliphatic heterocycles. The number of hydrogen-bond donors (Lipinski definition) is 1. The fourth-order valence-electron chi connectivity index (χ4n) is 2.62. The summed E-state index contributed by atoms with van der Waals surface area (Å²) < 4.78 is 43.8. The summed E-state index contributed by atoms with van der Waals surface area (Å²) in [6, 6.07) is 4.03. The zero-order valence-electron chi connectivity index (χ0n) is 15.5. The molecule has 0 fully saturated rings. The van der Waals surface area contributed by atoms with E-state index in [4.69, 9.17) is 4.74 Å². The maximum absolute atomic E-state index is 12.9. The van der Waals surface area contributed by atoms with Gasteiger partial charge in [-0.05, 0) is 44.9 Å². The van der Waals surface area contributed by atoms with E-state index in [1.165, 1.54) is 17.0 Å². The Morgan fingerprint density at radius 1 is 1.26 bits per heavy atom. The molecule has 1 N–H and O–H groups in total. The number of halogens is 3. The summed E-state index contributed by atoms with van der Waals surface area (Å²) in [5, 5.41) is 2.53. The lowest BCUT2D eigenvalue weighted by Gasteiger charge is -2.26. The first-order chi connectivity index (χ1) is 12.5. The van der Waals surface area contributed by atoms with Crippen LogP contribution in [0.1, 0.15) is 38.3 Å². The van der Waals surface area contributed by atoms with Gasteiger partial charge in [0.1, 0.15) is 11.6 Å². The lowest BCUT2D eigenvalue weighted by molar-refractivity contribution is -0.137. The summed E-state index contributed by atoms with van der Waals surface area (Å²) in [6.07, 6.45) is -1.36. The molecule has 0 aromatic heterocycles. The lowest BCUT2D eigenvalue weighted by atomic mass is 10.1. The van der Waals surface area contributed by atoms with E-state index >= 15 is 0 Å². The molecule has 2 amide bonds. The monoisotopic (exact) mass is 384 g/mol. The Morgan fingerprint density at radius 3 is 2.59 bits per heavy atom. The summed E-state index contributed by atoms with van der Waals surface area (Å²) in [4.78, 5) is 26.1. The Hall–Kier alpha value is -2.51. The number of carbonyl (C=O) groups excluding carboxylic acids is 2. The minimum Gasteiger partial charge on any atom is -0.444 e. The second kappa shape index (κ2) is 8.02. The van der Waals surface area contributed by atoms with Crippen LogP contribution in [-0.2, 0) is 22.3 Å². The molecule has 27 heavy (non-hydrogen) atoms. The van der Waals surface area contributed by atoms with E-state index in [1.807, 2.05) is 0 Å². The van der Waals surface area contributed by atoms with E-state index in [-0.39, 0.29) is 25.4 Å². The van der Waals surface area contributed by atoms with E-state index in [2.05, 4.69) is 5.32 Å². The van der Waals surface area contributed by atoms with E-state index < -0.39 is 29.5 Å². The van der Waals surface area contributed by atoms with Crippen LogP contribution in [0, 0.1) is 0 Å². The molecule has 0 spiro atoms. The molecule has 1 aromatic rings. The third-order valence-electron chi connectivity index (χ3n) is 3.79. The van der Waals surface area contributed by atoms with Gasteiger partial charge in [-0.3, -0.25) is 4.79 Å². The van der Waals surface area contributed by atoms with Crippen molar-refractivity contribution < 1.29 is 27.5 Å². The second-order valence-electron chi connectivity index (χ2n) is 7.32. The first-order valence-corrected chi connectivity index (χ1v) is 8.55. The predicted octanol–water partition coefficient (Wildman–Crippen LogP) is 3.89. The first-order valence-electron chi connectivity index (χ1n) is 8.55. The van der Waals surface area contributed by atoms with Crippen molar-refractivity contribution in [2.75, 3.05) is 6.54 Å². The summed E-state index contributed by atoms with van der Waals surface area (Å²) in [6.45, 7) is 5.39. The van der Waals surface area contributed by atoms with Crippen molar-refractivity contribution in [3.8, 4) is 0 Å². The van der Waals surface area contributed by atoms with Gasteiger partial charge in [0.25, 0.3) is 0 Å². The SMILES string of the molecule is CC(C)(C)OC(=O)NC1CC=CCN(Cc2cccc(C(F)(F)F)c2)C1=O. The van der Waals surface area contributed by atoms with Crippen molar-refractivity contribution >= 4 is 12.0 Å². The molecule has 2 rings (SSSR count). The number of nitrogens with one attached hydrogen (secondary N) is 1. The highest BCUT2D eigenvalue weighted by molar-refractivity contribution is 5.86. The summed E-state index contributed by atoms with van der Waals surface area (Å²) in [5.74, 6) is -0.372. The van der Waals surface area contributed by atoms with Crippen LogP contribution >= 0.6 is 0 Å². The van der Waals surface area contributed by atoms with Crippen LogP contribution in [0.5, 0.6) is 0 Å². The van der Waals surface area contributed by atoms with Crippen molar-refractivity contribution in [2.24, 2.45) is 0 Å². The van der Waals surface area contributed by atoms with Crippen LogP contribution in [-0.4, -0.2) is 35.1 Å². The Labute approximate surface area is 156 Å². The highest BCUT2D eigenvalue weighted by atomic mass is 19.4. The molecular formula is C19H23F3N2O3. The molecule has 1 aliphatic rings. The predicted molar refractivity (Wildman–Crippen MR) is 93.8 cm³/mol. The summed E-state index contributed by atoms with van der Waals surface area (Å²) >= 11 is 0. The van der Waals surface area contributed by atoms with Crippen molar-refractivity contribution in [3.05, 3.63) is 47.5 Å². The lowest BCUT2D eigenvalue weighted by Crippen LogP contribution is -2.48. The molecule has 8 heteroatoms. The number of ether oxygens (including phenoxy) is 1. The molecule has 0 saturated heterocycles. The average Bonchev–Trinajstić information content (AvgIpc) is 2.68. The normalized spacial score (nSPS) is 18.2. The molecule has 0 aliphatic carbocycles. The van der Waals surface area contributed by atoms with E-state index in [1.54, 1.807) is 32.9 Å². The van der Waals surface area contributed by atoms with Crippen LogP contribution < -0.4 is 5.32 Å². The summed E-state index contributed by atoms with van der Waals surface area (Å²) in [7, 11) is 0. The van der Waals surface area contributed by atoms with Crippen molar-refractivity contribution in [3.63, 3.8) is 0 Å². The number of rotatable bonds is 3. The fraction of sp³-hybridized carbons (Fsp3) is 0.474. The maximum Gasteiger partial charge on any atom is 0.416 e. The fourth-order valence-corrected chi connectivity index (χ4v) is 2.62. The minimum absolute atomic E-state index is 0.0135. The number of nitrogens with zero attached hydrogens (tertiary/aromatic N) is 1. The second-order valence-corrected chi connectivity index (χ2v) is 7.32. The van der Waals surface area contributed by atoms with Gasteiger partial charge in [-0.2, -0.15) is 13.2 Å². The van der Waals surface area contributed by atoms with Crippen molar-refractivity contribution in [2.45, 2.75) is 51.6 Å². The molecule has 0 saturated carbocycles. The summed E-state index contributed by atoms with van der Waals surface area (Å²) in [5.41, 5.74) is -1.10. The van der Waals surface area contributed by atoms with Gasteiger partial charge in [-0.1, -0.05) is 24.3 Å². The van der Waals surface area contributed by atoms with Crippen LogP contribution in [0.4, 0.5) is 18.0 Å². The van der Waals surface area contributed by atoms with Gasteiger partial charge in [0.2, 0.25) is 5.91 Å². The highest BCUT2D eigenvalue weighted by Gasteiger charge is 2.31. The van der Waals surface area contributed by atoms with Crippen LogP contribution in [0.2, 0.25) is 0 Å². The molecule has 0 radical (unpaired) electrons. The molecule has 5 nitrogen and oxygen atoms in total. The van der Waals surface area contributed by atoms with E-state index in [0.29, 0.717) is 5.56 Å². The quantitative estimate of drug-likeness (QED) is 0.805. The highest BCUT2D eigenvalue weighted by Crippen LogP contribution is 2.29. The molecule has 1 aromatic carbocycles. The first kappa shape index (κ1) is 20.8. The van der Waals surface area contributed by atoms with Crippen LogP contribution in [0.15, 0.2) is 36.4 Å². The zero-order chi connectivity index (χ0) is 20.2. The average molecular weight is 384 g/mol. The van der Waals surface area contributed by atoms with E-state index in [9.17, 15) is 22.8 Å². The molecular weight excluding hydrogens is 361 g/mol. The number of benzene rings is 1. The third-order valence-corrected chi connectivity index (χ3v) is 3.79. The number of alkyl halides is 3. The number of amides is 2. The Bertz CT molecular complexity index is 724. The van der Waals surface area contributed by atoms with Gasteiger partial charge in [-0.25, -0.2) is 4.79 Å². The largest absolute Gasteiger partial charge is 0.444 e. The zero-order valence-corrected chi connectivity index (χ0v) is 15.5. The van der Waals surface area contributed by atoms with Gasteiger partial charge in [0.05, 0.1) is 5.56 Å². The third kappa shape index (κ3) is 6.30. The van der Waals surface area contributed by atoms with Gasteiger partial charge in [0, 0.05) is 13.1 Å². The van der Waals surface area contributed by atoms with Crippen molar-refractivity contribution in [1.29, 1.82) is 0 Å². The van der Waals surface area contributed by atoms with Gasteiger partial charge in [-0.15, -0.1) is 0 Å². The number of hydrogen-bond acceptors (Lipinski definition) is 3. The van der Waals surface area contributed by atoms with E-state index in [0.717, 1.165) is 12.1 Å². The van der Waals surface area contributed by atoms with Gasteiger partial charge in [0.15, 0.2) is 0 Å². The minimum atomic E-state index is -4.44. The number of carbonyl (C=O) groups is 2. The van der Waals surface area contributed by atoms with Gasteiger partial charge < -0.3 is 15.0 Å². The smallest absolute Gasteiger partial charge is 0.416 e. The molecule has 1 atom stereocenters. The Morgan fingerprint density at radius 2 is 1.96 bits per heavy atom. The van der Waals surface area contributed by atoms with Crippen molar-refractivity contribution in [1.82, 2.24) is 10.2 Å². The van der Waals surface area contributed by atoms with Crippen LogP contribution in [0.3, 0.4) is 0 Å². The van der Waals surface area contributed by atoms with Crippen LogP contribution in [0.25, 0.3) is 0 Å². The maximum atomic E-state index is 12.9. The molecule has 1 unspecified atom stereocenters. The van der Waals surface area contributed by atoms with Gasteiger partial charge >= 0.3 is 12.3 Å². The number of alkyl carbamates (subject to hydrolysis) is 1. The standard InChI is InChI=1S/C19H23F3N2O3/c1-18(2,3)27-17(26)23-15-9-4-5-10-24(16(15)25)12-13-7-6-8-14(11-13)19(20,21)22/h4-8,11,15H,9-10,12H2,1-3H3,(H,23,26). The molecule has 148 valence electrons. The molecule has 1 heterocycles. The molecule has 0 bridgehead atoms. The Balaban J connectivity index is 2.10. The Kier molecular flexibility index (Phi) is 6.18.